The van der Waals surface area contributed by atoms with Gasteiger partial charge in [-0.15, -0.1) is 11.3 Å². The number of imidazole rings is 1. The predicted octanol–water partition coefficient (Wildman–Crippen LogP) is 4.31. The summed E-state index contributed by atoms with van der Waals surface area (Å²) in [5.74, 6) is 0.941. The molecule has 0 amide bonds. The fourth-order valence-corrected chi connectivity index (χ4v) is 3.86. The van der Waals surface area contributed by atoms with Crippen LogP contribution in [0.1, 0.15) is 22.4 Å². The zero-order valence-corrected chi connectivity index (χ0v) is 13.4. The maximum Gasteiger partial charge on any atom is 0.181 e. The molecule has 20 heavy (non-hydrogen) atoms. The molecule has 0 aliphatic rings. The van der Waals surface area contributed by atoms with Gasteiger partial charge in [0.25, 0.3) is 0 Å². The van der Waals surface area contributed by atoms with Crippen LogP contribution in [0.25, 0.3) is 11.0 Å². The summed E-state index contributed by atoms with van der Waals surface area (Å²) >= 11 is 4.88. The lowest BCUT2D eigenvalue weighted by atomic mass is 10.2. The smallest absolute Gasteiger partial charge is 0.181 e. The van der Waals surface area contributed by atoms with E-state index in [0.29, 0.717) is 6.42 Å². The van der Waals surface area contributed by atoms with Gasteiger partial charge in [-0.2, -0.15) is 0 Å². The van der Waals surface area contributed by atoms with Crippen molar-refractivity contribution in [2.45, 2.75) is 19.9 Å². The van der Waals surface area contributed by atoms with Crippen molar-refractivity contribution < 1.29 is 4.79 Å². The summed E-state index contributed by atoms with van der Waals surface area (Å²) in [7, 11) is 0. The number of fused-ring (bicyclic) bond motifs is 1. The second kappa shape index (κ2) is 5.50. The van der Waals surface area contributed by atoms with Gasteiger partial charge >= 0.3 is 0 Å². The van der Waals surface area contributed by atoms with Crippen molar-refractivity contribution in [2.24, 2.45) is 0 Å². The molecular weight excluding hydrogens is 336 g/mol. The van der Waals surface area contributed by atoms with Crippen LogP contribution in [0.2, 0.25) is 0 Å². The Labute approximate surface area is 129 Å². The number of hydrogen-bond acceptors (Lipinski definition) is 3. The molecule has 0 fully saturated rings. The number of hydrogen-bond donors (Lipinski definition) is 0. The number of carbonyl (C=O) groups is 1. The highest BCUT2D eigenvalue weighted by Gasteiger charge is 2.17. The van der Waals surface area contributed by atoms with Gasteiger partial charge in [0, 0.05) is 11.0 Å². The number of Topliss-reactive ketones (excluding diaryl/α,β-unsaturated/α-hetero) is 1. The third-order valence-electron chi connectivity index (χ3n) is 3.24. The Kier molecular flexibility index (Phi) is 3.72. The number of halogens is 1. The number of aryl methyl sites for hydroxylation is 1. The van der Waals surface area contributed by atoms with Crippen molar-refractivity contribution in [3.8, 4) is 0 Å². The SMILES string of the molecule is CCn1c(CC(=O)c2sccc2Br)nc2ccccc21. The van der Waals surface area contributed by atoms with Crippen LogP contribution in [0.15, 0.2) is 40.2 Å². The fraction of sp³-hybridized carbons (Fsp3) is 0.200. The summed E-state index contributed by atoms with van der Waals surface area (Å²) in [5.41, 5.74) is 2.03. The molecular formula is C15H13BrN2OS. The highest BCUT2D eigenvalue weighted by atomic mass is 79.9. The molecule has 5 heteroatoms. The molecule has 0 saturated carbocycles. The van der Waals surface area contributed by atoms with E-state index >= 15 is 0 Å². The first-order valence-electron chi connectivity index (χ1n) is 6.41. The lowest BCUT2D eigenvalue weighted by Gasteiger charge is -2.05. The quantitative estimate of drug-likeness (QED) is 0.658. The molecule has 0 aliphatic heterocycles. The van der Waals surface area contributed by atoms with Crippen LogP contribution in [0, 0.1) is 0 Å². The Balaban J connectivity index is 1.99. The lowest BCUT2D eigenvalue weighted by molar-refractivity contribution is 0.0993. The van der Waals surface area contributed by atoms with Crippen molar-refractivity contribution in [3.05, 3.63) is 50.9 Å². The van der Waals surface area contributed by atoms with Crippen molar-refractivity contribution in [1.82, 2.24) is 9.55 Å². The minimum atomic E-state index is 0.108. The third-order valence-corrected chi connectivity index (χ3v) is 5.12. The number of para-hydroxylation sites is 2. The third kappa shape index (κ3) is 2.31. The number of ketones is 1. The molecule has 0 atom stereocenters. The average Bonchev–Trinajstić information content (AvgIpc) is 3.01. The molecule has 0 bridgehead atoms. The van der Waals surface area contributed by atoms with Crippen molar-refractivity contribution in [3.63, 3.8) is 0 Å². The standard InChI is InChI=1S/C15H13BrN2OS/c1-2-18-12-6-4-3-5-11(12)17-14(18)9-13(19)15-10(16)7-8-20-15/h3-8H,2,9H2,1H3. The van der Waals surface area contributed by atoms with Crippen LogP contribution in [0.3, 0.4) is 0 Å². The predicted molar refractivity (Wildman–Crippen MR) is 85.5 cm³/mol. The van der Waals surface area contributed by atoms with Gasteiger partial charge in [-0.3, -0.25) is 4.79 Å². The lowest BCUT2D eigenvalue weighted by Crippen LogP contribution is -2.09. The van der Waals surface area contributed by atoms with E-state index in [1.807, 2.05) is 35.7 Å². The van der Waals surface area contributed by atoms with Crippen LogP contribution in [0.4, 0.5) is 0 Å². The molecule has 3 aromatic rings. The molecule has 0 radical (unpaired) electrons. The van der Waals surface area contributed by atoms with E-state index in [0.717, 1.165) is 32.8 Å². The van der Waals surface area contributed by atoms with E-state index < -0.39 is 0 Å². The largest absolute Gasteiger partial charge is 0.328 e. The molecule has 3 rings (SSSR count). The van der Waals surface area contributed by atoms with Crippen LogP contribution >= 0.6 is 27.3 Å². The van der Waals surface area contributed by atoms with Crippen LogP contribution in [-0.4, -0.2) is 15.3 Å². The number of rotatable bonds is 4. The number of aromatic nitrogens is 2. The minimum Gasteiger partial charge on any atom is -0.328 e. The molecule has 0 spiro atoms. The highest BCUT2D eigenvalue weighted by molar-refractivity contribution is 9.10. The average molecular weight is 349 g/mol. The van der Waals surface area contributed by atoms with E-state index in [-0.39, 0.29) is 5.78 Å². The van der Waals surface area contributed by atoms with Crippen LogP contribution in [0.5, 0.6) is 0 Å². The zero-order chi connectivity index (χ0) is 14.1. The molecule has 102 valence electrons. The van der Waals surface area contributed by atoms with Crippen molar-refractivity contribution >= 4 is 44.1 Å². The van der Waals surface area contributed by atoms with E-state index in [1.165, 1.54) is 11.3 Å². The first-order valence-corrected chi connectivity index (χ1v) is 8.08. The fourth-order valence-electron chi connectivity index (χ4n) is 2.33. The van der Waals surface area contributed by atoms with Gasteiger partial charge in [-0.1, -0.05) is 12.1 Å². The Morgan fingerprint density at radius 1 is 1.35 bits per heavy atom. The molecule has 0 unspecified atom stereocenters. The summed E-state index contributed by atoms with van der Waals surface area (Å²) in [6.45, 7) is 2.89. The van der Waals surface area contributed by atoms with Gasteiger partial charge in [0.2, 0.25) is 0 Å². The number of carbonyl (C=O) groups excluding carboxylic acids is 1. The molecule has 2 aromatic heterocycles. The maximum atomic E-state index is 12.4. The summed E-state index contributed by atoms with van der Waals surface area (Å²) in [4.78, 5) is 17.7. The van der Waals surface area contributed by atoms with Gasteiger partial charge in [0.1, 0.15) is 5.82 Å². The van der Waals surface area contributed by atoms with E-state index in [9.17, 15) is 4.79 Å². The molecule has 0 N–H and O–H groups in total. The summed E-state index contributed by atoms with van der Waals surface area (Å²) in [6.07, 6.45) is 0.335. The maximum absolute atomic E-state index is 12.4. The second-order valence-corrected chi connectivity index (χ2v) is 6.23. The van der Waals surface area contributed by atoms with Gasteiger partial charge < -0.3 is 4.57 Å². The Bertz CT molecular complexity index is 775. The first-order chi connectivity index (χ1) is 9.70. The number of thiophene rings is 1. The number of benzene rings is 1. The second-order valence-electron chi connectivity index (χ2n) is 4.46. The van der Waals surface area contributed by atoms with Crippen LogP contribution in [-0.2, 0) is 13.0 Å². The number of nitrogens with zero attached hydrogens (tertiary/aromatic N) is 2. The van der Waals surface area contributed by atoms with E-state index in [1.54, 1.807) is 0 Å². The Morgan fingerprint density at radius 3 is 2.85 bits per heavy atom. The van der Waals surface area contributed by atoms with Gasteiger partial charge in [-0.05, 0) is 46.4 Å². The van der Waals surface area contributed by atoms with Gasteiger partial charge in [0.05, 0.1) is 22.3 Å². The highest BCUT2D eigenvalue weighted by Crippen LogP contribution is 2.25. The zero-order valence-electron chi connectivity index (χ0n) is 11.0. The van der Waals surface area contributed by atoms with Crippen molar-refractivity contribution in [2.75, 3.05) is 0 Å². The van der Waals surface area contributed by atoms with Gasteiger partial charge in [-0.25, -0.2) is 4.98 Å². The van der Waals surface area contributed by atoms with Crippen molar-refractivity contribution in [1.29, 1.82) is 0 Å². The molecule has 1 aromatic carbocycles. The Hall–Kier alpha value is -1.46. The topological polar surface area (TPSA) is 34.9 Å². The van der Waals surface area contributed by atoms with Crippen LogP contribution < -0.4 is 0 Å². The Morgan fingerprint density at radius 2 is 2.15 bits per heavy atom. The van der Waals surface area contributed by atoms with E-state index in [2.05, 4.69) is 32.4 Å². The monoisotopic (exact) mass is 348 g/mol. The van der Waals surface area contributed by atoms with E-state index in [4.69, 9.17) is 0 Å². The first kappa shape index (κ1) is 13.5. The van der Waals surface area contributed by atoms with Gasteiger partial charge in [0.15, 0.2) is 5.78 Å². The molecule has 0 saturated heterocycles. The summed E-state index contributed by atoms with van der Waals surface area (Å²) in [5, 5.41) is 1.92. The summed E-state index contributed by atoms with van der Waals surface area (Å²) < 4.78 is 2.97. The molecule has 3 nitrogen and oxygen atoms in total. The molecule has 2 heterocycles. The minimum absolute atomic E-state index is 0.108. The normalized spacial score (nSPS) is 11.1. The molecule has 0 aliphatic carbocycles. The summed E-state index contributed by atoms with van der Waals surface area (Å²) in [6, 6.07) is 9.90.